The van der Waals surface area contributed by atoms with Crippen molar-refractivity contribution in [2.24, 2.45) is 0 Å². The van der Waals surface area contributed by atoms with Crippen molar-refractivity contribution in [1.29, 1.82) is 0 Å². The highest BCUT2D eigenvalue weighted by Crippen LogP contribution is 2.41. The molecule has 4 rings (SSSR count). The normalized spacial score (nSPS) is 19.8. The smallest absolute Gasteiger partial charge is 0.352 e. The van der Waals surface area contributed by atoms with Gasteiger partial charge >= 0.3 is 5.97 Å². The lowest BCUT2D eigenvalue weighted by Gasteiger charge is -2.49. The van der Waals surface area contributed by atoms with Crippen molar-refractivity contribution < 1.29 is 42.0 Å². The number of nitrogens with one attached hydrogen (secondary N) is 1. The summed E-state index contributed by atoms with van der Waals surface area (Å²) in [4.78, 5) is 38.6. The molecule has 0 radical (unpaired) electrons. The number of aromatic nitrogens is 2. The van der Waals surface area contributed by atoms with Crippen LogP contribution in [0, 0.1) is 0 Å². The lowest BCUT2D eigenvalue weighted by molar-refractivity contribution is -0.151. The molecule has 0 bridgehead atoms. The molecule has 1 unspecified atom stereocenters. The minimum absolute atomic E-state index is 0.149. The highest BCUT2D eigenvalue weighted by Gasteiger charge is 2.54. The summed E-state index contributed by atoms with van der Waals surface area (Å²) in [5.74, 6) is -2.06. The Hall–Kier alpha value is -2.92. The Labute approximate surface area is 232 Å². The van der Waals surface area contributed by atoms with Crippen LogP contribution in [0.25, 0.3) is 0 Å². The van der Waals surface area contributed by atoms with E-state index in [1.54, 1.807) is 30.3 Å². The highest BCUT2D eigenvalue weighted by atomic mass is 32.2. The third kappa shape index (κ3) is 7.19. The van der Waals surface area contributed by atoms with Crippen molar-refractivity contribution in [2.75, 3.05) is 17.3 Å². The Morgan fingerprint density at radius 1 is 1.21 bits per heavy atom. The van der Waals surface area contributed by atoms with E-state index in [1.165, 1.54) is 11.8 Å². The van der Waals surface area contributed by atoms with Gasteiger partial charge in [0.1, 0.15) is 17.1 Å². The number of nitrogens with zero attached hydrogens (tertiary/aromatic N) is 3. The van der Waals surface area contributed by atoms with Gasteiger partial charge in [0, 0.05) is 17.9 Å². The molecule has 210 valence electrons. The summed E-state index contributed by atoms with van der Waals surface area (Å²) in [6, 6.07) is 7.31. The third-order valence-electron chi connectivity index (χ3n) is 6.02. The van der Waals surface area contributed by atoms with Crippen LogP contribution in [-0.4, -0.2) is 84.7 Å². The quantitative estimate of drug-likeness (QED) is 0.111. The number of aliphatic hydroxyl groups is 1. The van der Waals surface area contributed by atoms with Crippen LogP contribution in [0.4, 0.5) is 0 Å². The van der Waals surface area contributed by atoms with Gasteiger partial charge in [0.25, 0.3) is 27.2 Å². The molecule has 39 heavy (non-hydrogen) atoms. The van der Waals surface area contributed by atoms with Crippen molar-refractivity contribution in [3.8, 4) is 0 Å². The Morgan fingerprint density at radius 3 is 2.64 bits per heavy atom. The second-order valence-electron chi connectivity index (χ2n) is 8.81. The average Bonchev–Trinajstić information content (AvgIpc) is 3.36. The molecule has 1 fully saturated rings. The number of hydrogen-bond acceptors (Lipinski definition) is 11. The van der Waals surface area contributed by atoms with E-state index in [9.17, 15) is 33.0 Å². The first-order valence-electron chi connectivity index (χ1n) is 11.9. The number of aliphatic hydroxyl groups excluding tert-OH is 1. The number of thioether (sulfide) groups is 2. The zero-order chi connectivity index (χ0) is 28.2. The molecule has 3 atom stereocenters. The van der Waals surface area contributed by atoms with Gasteiger partial charge in [0.05, 0.1) is 5.75 Å². The van der Waals surface area contributed by atoms with Gasteiger partial charge in [-0.25, -0.2) is 4.79 Å². The molecular weight excluding hydrogens is 572 g/mol. The number of rotatable bonds is 13. The number of fused-ring (bicyclic) bond motifs is 1. The SMILES string of the molecule is O=C(O)C1=C(CSc2nnc(CCCCCS(=O)(=O)O)o2)CS[C@@H]2C(NC(=O)[C@H](O)c3ccccc3)C(=O)N12. The number of benzene rings is 1. The fourth-order valence-electron chi connectivity index (χ4n) is 4.10. The number of hydrogen-bond donors (Lipinski definition) is 4. The van der Waals surface area contributed by atoms with Gasteiger partial charge < -0.3 is 19.9 Å². The monoisotopic (exact) mass is 598 g/mol. The fraction of sp³-hybridized carbons (Fsp3) is 0.435. The molecule has 1 saturated heterocycles. The number of carbonyl (C=O) groups is 3. The van der Waals surface area contributed by atoms with Crippen molar-refractivity contribution >= 4 is 51.4 Å². The van der Waals surface area contributed by atoms with Crippen LogP contribution in [-0.2, 0) is 30.9 Å². The fourth-order valence-corrected chi connectivity index (χ4v) is 6.93. The van der Waals surface area contributed by atoms with Gasteiger partial charge in [-0.1, -0.05) is 48.5 Å². The predicted molar refractivity (Wildman–Crippen MR) is 140 cm³/mol. The van der Waals surface area contributed by atoms with E-state index in [4.69, 9.17) is 8.97 Å². The highest BCUT2D eigenvalue weighted by molar-refractivity contribution is 8.01. The second-order valence-corrected chi connectivity index (χ2v) is 12.4. The zero-order valence-corrected chi connectivity index (χ0v) is 22.9. The van der Waals surface area contributed by atoms with Crippen LogP contribution in [0.2, 0.25) is 0 Å². The van der Waals surface area contributed by atoms with Crippen molar-refractivity contribution in [3.05, 3.63) is 53.1 Å². The van der Waals surface area contributed by atoms with Gasteiger partial charge in [0.15, 0.2) is 6.10 Å². The standard InChI is InChI=1S/C23H26N4O9S3/c28-18(13-7-3-1-4-8-13)19(29)24-16-20(30)27-17(22(31)32)14(11-37-21(16)27)12-38-23-26-25-15(36-23)9-5-2-6-10-39(33,34)35/h1,3-4,7-8,16,18,21,28H,2,5-6,9-12H2,(H,24,29)(H,31,32)(H,33,34,35)/t16?,18-,21-/m1/s1. The van der Waals surface area contributed by atoms with E-state index in [2.05, 4.69) is 15.5 Å². The number of β-lactam (4-membered cyclic amide) rings is 1. The van der Waals surface area contributed by atoms with Crippen LogP contribution in [0.15, 0.2) is 51.2 Å². The summed E-state index contributed by atoms with van der Waals surface area (Å²) in [5.41, 5.74) is 0.715. The maximum Gasteiger partial charge on any atom is 0.352 e. The van der Waals surface area contributed by atoms with Crippen molar-refractivity contribution in [3.63, 3.8) is 0 Å². The maximum atomic E-state index is 12.9. The van der Waals surface area contributed by atoms with E-state index in [0.717, 1.165) is 16.7 Å². The van der Waals surface area contributed by atoms with E-state index in [-0.39, 0.29) is 22.4 Å². The largest absolute Gasteiger partial charge is 0.477 e. The molecule has 2 aromatic rings. The Bertz CT molecular complexity index is 1360. The predicted octanol–water partition coefficient (Wildman–Crippen LogP) is 1.23. The number of unbranched alkanes of at least 4 members (excludes halogenated alkanes) is 2. The van der Waals surface area contributed by atoms with Gasteiger partial charge in [0.2, 0.25) is 5.89 Å². The van der Waals surface area contributed by atoms with Crippen LogP contribution in [0.1, 0.15) is 36.8 Å². The number of aliphatic carboxylic acids is 1. The Morgan fingerprint density at radius 2 is 1.95 bits per heavy atom. The molecule has 0 aliphatic carbocycles. The molecule has 3 heterocycles. The van der Waals surface area contributed by atoms with Gasteiger partial charge in [-0.3, -0.25) is 19.0 Å². The lowest BCUT2D eigenvalue weighted by Crippen LogP contribution is -2.70. The van der Waals surface area contributed by atoms with Crippen molar-refractivity contribution in [2.45, 2.75) is 48.4 Å². The van der Waals surface area contributed by atoms with Gasteiger partial charge in [-0.05, 0) is 24.0 Å². The molecule has 13 nitrogen and oxygen atoms in total. The molecule has 16 heteroatoms. The summed E-state index contributed by atoms with van der Waals surface area (Å²) >= 11 is 2.44. The summed E-state index contributed by atoms with van der Waals surface area (Å²) in [6.07, 6.45) is 0.416. The summed E-state index contributed by atoms with van der Waals surface area (Å²) < 4.78 is 35.8. The molecule has 2 amide bonds. The molecule has 0 saturated carbocycles. The van der Waals surface area contributed by atoms with E-state index < -0.39 is 45.4 Å². The number of carbonyl (C=O) groups excluding carboxylic acids is 2. The van der Waals surface area contributed by atoms with E-state index in [1.807, 2.05) is 0 Å². The molecular formula is C23H26N4O9S3. The maximum absolute atomic E-state index is 12.9. The topological polar surface area (TPSA) is 200 Å². The van der Waals surface area contributed by atoms with E-state index in [0.29, 0.717) is 48.5 Å². The van der Waals surface area contributed by atoms with Crippen LogP contribution in [0.3, 0.4) is 0 Å². The van der Waals surface area contributed by atoms with Crippen LogP contribution < -0.4 is 5.32 Å². The Balaban J connectivity index is 1.32. The molecule has 2 aliphatic heterocycles. The summed E-state index contributed by atoms with van der Waals surface area (Å²) in [7, 11) is -3.98. The van der Waals surface area contributed by atoms with Crippen LogP contribution >= 0.6 is 23.5 Å². The molecule has 0 spiro atoms. The van der Waals surface area contributed by atoms with Gasteiger partial charge in [-0.2, -0.15) is 8.42 Å². The second kappa shape index (κ2) is 12.5. The molecule has 1 aromatic heterocycles. The lowest BCUT2D eigenvalue weighted by atomic mass is 10.0. The minimum Gasteiger partial charge on any atom is -0.477 e. The van der Waals surface area contributed by atoms with Gasteiger partial charge in [-0.15, -0.1) is 22.0 Å². The molecule has 1 aromatic carbocycles. The first-order valence-corrected chi connectivity index (χ1v) is 15.5. The molecule has 4 N–H and O–H groups in total. The third-order valence-corrected chi connectivity index (χ3v) is 9.07. The molecule has 2 aliphatic rings. The summed E-state index contributed by atoms with van der Waals surface area (Å²) in [5, 5.41) is 30.2. The van der Waals surface area contributed by atoms with Crippen LogP contribution in [0.5, 0.6) is 0 Å². The zero-order valence-electron chi connectivity index (χ0n) is 20.4. The number of aryl methyl sites for hydroxylation is 1. The Kier molecular flexibility index (Phi) is 9.32. The first kappa shape index (κ1) is 29.1. The minimum atomic E-state index is -3.98. The number of amides is 2. The number of carboxylic acid groups (broad SMARTS) is 1. The number of carboxylic acids is 1. The van der Waals surface area contributed by atoms with Crippen molar-refractivity contribution in [1.82, 2.24) is 20.4 Å². The first-order chi connectivity index (χ1) is 18.5. The summed E-state index contributed by atoms with van der Waals surface area (Å²) in [6.45, 7) is 0. The average molecular weight is 599 g/mol. The van der Waals surface area contributed by atoms with E-state index >= 15 is 0 Å².